The molecule has 0 aliphatic heterocycles. The maximum atomic E-state index is 12.1. The summed E-state index contributed by atoms with van der Waals surface area (Å²) in [7, 11) is 0. The van der Waals surface area contributed by atoms with Crippen molar-refractivity contribution in [2.24, 2.45) is 0 Å². The Kier molecular flexibility index (Phi) is 6.85. The Morgan fingerprint density at radius 1 is 1.15 bits per heavy atom. The Hall–Kier alpha value is -1.23. The van der Waals surface area contributed by atoms with E-state index in [0.717, 1.165) is 37.8 Å². The first-order chi connectivity index (χ1) is 9.44. The normalized spacial score (nSPS) is 13.2. The van der Waals surface area contributed by atoms with E-state index >= 15 is 0 Å². The Morgan fingerprint density at radius 3 is 2.30 bits per heavy atom. The molecule has 0 saturated carbocycles. The lowest BCUT2D eigenvalue weighted by atomic mass is 10.0. The first-order valence-electron chi connectivity index (χ1n) is 7.02. The highest BCUT2D eigenvalue weighted by Gasteiger charge is 2.30. The molecule has 0 aromatic heterocycles. The van der Waals surface area contributed by atoms with E-state index in [0.29, 0.717) is 6.04 Å². The molecular weight excluding hydrogens is 267 g/mol. The number of unbranched alkanes of at least 4 members (excludes halogenated alkanes) is 1. The van der Waals surface area contributed by atoms with E-state index in [2.05, 4.69) is 23.9 Å². The monoisotopic (exact) mass is 289 g/mol. The van der Waals surface area contributed by atoms with E-state index in [9.17, 15) is 13.2 Å². The molecule has 1 unspecified atom stereocenters. The molecule has 1 aromatic rings. The fourth-order valence-electron chi connectivity index (χ4n) is 2.13. The third-order valence-corrected chi connectivity index (χ3v) is 3.04. The lowest BCUT2D eigenvalue weighted by Gasteiger charge is -2.18. The van der Waals surface area contributed by atoms with Crippen LogP contribution in [0.2, 0.25) is 0 Å². The standard InChI is InChI=1S/C15H22F3NO/c1-3-5-6-13(19-4-2)11-12-7-9-14(10-8-12)20-15(16,17)18/h7-10,13,19H,3-6,11H2,1-2H3. The van der Waals surface area contributed by atoms with Crippen molar-refractivity contribution in [2.45, 2.75) is 51.9 Å². The summed E-state index contributed by atoms with van der Waals surface area (Å²) in [6.45, 7) is 5.09. The third kappa shape index (κ3) is 6.80. The van der Waals surface area contributed by atoms with Gasteiger partial charge in [-0.15, -0.1) is 13.2 Å². The van der Waals surface area contributed by atoms with Crippen LogP contribution in [0.25, 0.3) is 0 Å². The summed E-state index contributed by atoms with van der Waals surface area (Å²) in [5, 5.41) is 3.41. The van der Waals surface area contributed by atoms with Gasteiger partial charge in [0.25, 0.3) is 0 Å². The minimum atomic E-state index is -4.63. The van der Waals surface area contributed by atoms with Crippen molar-refractivity contribution in [3.8, 4) is 5.75 Å². The molecule has 0 saturated heterocycles. The van der Waals surface area contributed by atoms with Crippen LogP contribution in [-0.4, -0.2) is 18.9 Å². The molecule has 0 aliphatic carbocycles. The first kappa shape index (κ1) is 16.8. The molecule has 1 rings (SSSR count). The highest BCUT2D eigenvalue weighted by atomic mass is 19.4. The average molecular weight is 289 g/mol. The third-order valence-electron chi connectivity index (χ3n) is 3.04. The Labute approximate surface area is 118 Å². The molecule has 1 aromatic carbocycles. The summed E-state index contributed by atoms with van der Waals surface area (Å²) in [4.78, 5) is 0. The number of alkyl halides is 3. The van der Waals surface area contributed by atoms with Gasteiger partial charge in [0, 0.05) is 6.04 Å². The molecule has 1 atom stereocenters. The SMILES string of the molecule is CCCCC(Cc1ccc(OC(F)(F)F)cc1)NCC. The second-order valence-corrected chi connectivity index (χ2v) is 4.79. The zero-order chi connectivity index (χ0) is 15.0. The van der Waals surface area contributed by atoms with E-state index < -0.39 is 6.36 Å². The Bertz CT molecular complexity index is 376. The lowest BCUT2D eigenvalue weighted by Crippen LogP contribution is -2.30. The quantitative estimate of drug-likeness (QED) is 0.770. The van der Waals surface area contributed by atoms with Gasteiger partial charge in [-0.1, -0.05) is 38.8 Å². The van der Waals surface area contributed by atoms with Gasteiger partial charge in [-0.05, 0) is 37.1 Å². The van der Waals surface area contributed by atoms with Crippen molar-refractivity contribution in [1.82, 2.24) is 5.32 Å². The van der Waals surface area contributed by atoms with E-state index in [4.69, 9.17) is 0 Å². The second-order valence-electron chi connectivity index (χ2n) is 4.79. The predicted octanol–water partition coefficient (Wildman–Crippen LogP) is 4.30. The molecule has 5 heteroatoms. The van der Waals surface area contributed by atoms with Crippen molar-refractivity contribution in [3.05, 3.63) is 29.8 Å². The number of halogens is 3. The maximum Gasteiger partial charge on any atom is 0.573 e. The predicted molar refractivity (Wildman–Crippen MR) is 73.8 cm³/mol. The van der Waals surface area contributed by atoms with Crippen LogP contribution in [0.1, 0.15) is 38.7 Å². The number of hydrogen-bond acceptors (Lipinski definition) is 2. The van der Waals surface area contributed by atoms with Crippen molar-refractivity contribution in [2.75, 3.05) is 6.54 Å². The zero-order valence-corrected chi connectivity index (χ0v) is 12.0. The maximum absolute atomic E-state index is 12.1. The van der Waals surface area contributed by atoms with E-state index in [1.165, 1.54) is 12.1 Å². The van der Waals surface area contributed by atoms with Gasteiger partial charge >= 0.3 is 6.36 Å². The smallest absolute Gasteiger partial charge is 0.406 e. The molecule has 1 N–H and O–H groups in total. The molecule has 114 valence electrons. The van der Waals surface area contributed by atoms with Gasteiger partial charge in [0.05, 0.1) is 0 Å². The summed E-state index contributed by atoms with van der Waals surface area (Å²) in [5.41, 5.74) is 1.02. The summed E-state index contributed by atoms with van der Waals surface area (Å²) >= 11 is 0. The minimum absolute atomic E-state index is 0.171. The van der Waals surface area contributed by atoms with Crippen LogP contribution in [0, 0.1) is 0 Å². The summed E-state index contributed by atoms with van der Waals surface area (Å²) in [5.74, 6) is -0.171. The van der Waals surface area contributed by atoms with Crippen LogP contribution in [0.15, 0.2) is 24.3 Å². The molecule has 0 bridgehead atoms. The molecule has 0 heterocycles. The molecule has 0 amide bonds. The van der Waals surface area contributed by atoms with Crippen LogP contribution in [0.3, 0.4) is 0 Å². The zero-order valence-electron chi connectivity index (χ0n) is 12.0. The van der Waals surface area contributed by atoms with Crippen LogP contribution >= 0.6 is 0 Å². The van der Waals surface area contributed by atoms with E-state index in [-0.39, 0.29) is 5.75 Å². The lowest BCUT2D eigenvalue weighted by molar-refractivity contribution is -0.274. The largest absolute Gasteiger partial charge is 0.573 e. The molecule has 2 nitrogen and oxygen atoms in total. The summed E-state index contributed by atoms with van der Waals surface area (Å²) in [6, 6.07) is 6.49. The molecule has 20 heavy (non-hydrogen) atoms. The average Bonchev–Trinajstić information content (AvgIpc) is 2.37. The minimum Gasteiger partial charge on any atom is -0.406 e. The van der Waals surface area contributed by atoms with Crippen LogP contribution in [0.5, 0.6) is 5.75 Å². The molecule has 0 spiro atoms. The molecule has 0 radical (unpaired) electrons. The number of ether oxygens (including phenoxy) is 1. The number of likely N-dealkylation sites (N-methyl/N-ethyl adjacent to an activating group) is 1. The number of nitrogens with one attached hydrogen (secondary N) is 1. The van der Waals surface area contributed by atoms with Crippen molar-refractivity contribution >= 4 is 0 Å². The number of hydrogen-bond donors (Lipinski definition) is 1. The number of benzene rings is 1. The van der Waals surface area contributed by atoms with Crippen molar-refractivity contribution in [3.63, 3.8) is 0 Å². The molecule has 0 fully saturated rings. The van der Waals surface area contributed by atoms with E-state index in [1.807, 2.05) is 0 Å². The van der Waals surface area contributed by atoms with Gasteiger partial charge in [-0.2, -0.15) is 0 Å². The van der Waals surface area contributed by atoms with Gasteiger partial charge in [0.15, 0.2) is 0 Å². The fourth-order valence-corrected chi connectivity index (χ4v) is 2.13. The summed E-state index contributed by atoms with van der Waals surface area (Å²) in [6.07, 6.45) is -0.451. The Balaban J connectivity index is 2.58. The van der Waals surface area contributed by atoms with Crippen molar-refractivity contribution < 1.29 is 17.9 Å². The topological polar surface area (TPSA) is 21.3 Å². The molecular formula is C15H22F3NO. The Morgan fingerprint density at radius 2 is 1.80 bits per heavy atom. The second kappa shape index (κ2) is 8.15. The highest BCUT2D eigenvalue weighted by molar-refractivity contribution is 5.28. The van der Waals surface area contributed by atoms with Gasteiger partial charge in [-0.3, -0.25) is 0 Å². The fraction of sp³-hybridized carbons (Fsp3) is 0.600. The van der Waals surface area contributed by atoms with Crippen LogP contribution in [0.4, 0.5) is 13.2 Å². The van der Waals surface area contributed by atoms with Crippen LogP contribution in [-0.2, 0) is 6.42 Å². The molecule has 0 aliphatic rings. The number of rotatable bonds is 8. The van der Waals surface area contributed by atoms with Gasteiger partial charge in [0.1, 0.15) is 5.75 Å². The van der Waals surface area contributed by atoms with E-state index in [1.54, 1.807) is 12.1 Å². The van der Waals surface area contributed by atoms with Gasteiger partial charge < -0.3 is 10.1 Å². The van der Waals surface area contributed by atoms with Gasteiger partial charge in [0.2, 0.25) is 0 Å². The van der Waals surface area contributed by atoms with Crippen molar-refractivity contribution in [1.29, 1.82) is 0 Å². The summed E-state index contributed by atoms with van der Waals surface area (Å²) < 4.78 is 40.0. The first-order valence-corrected chi connectivity index (χ1v) is 7.02. The van der Waals surface area contributed by atoms with Crippen LogP contribution < -0.4 is 10.1 Å². The van der Waals surface area contributed by atoms with Gasteiger partial charge in [-0.25, -0.2) is 0 Å². The highest BCUT2D eigenvalue weighted by Crippen LogP contribution is 2.23.